The third kappa shape index (κ3) is 4.31. The average Bonchev–Trinajstić information content (AvgIpc) is 2.52. The van der Waals surface area contributed by atoms with E-state index in [0.29, 0.717) is 16.9 Å². The molecule has 0 aromatic heterocycles. The Morgan fingerprint density at radius 1 is 1.35 bits per heavy atom. The maximum absolute atomic E-state index is 13.0. The smallest absolute Gasteiger partial charge is 0.259 e. The van der Waals surface area contributed by atoms with Crippen LogP contribution in [0.1, 0.15) is 11.1 Å². The molecule has 0 unspecified atom stereocenters. The number of hydrogen-bond donors (Lipinski definition) is 1. The van der Waals surface area contributed by atoms with Crippen molar-refractivity contribution in [2.24, 2.45) is 5.73 Å². The van der Waals surface area contributed by atoms with Crippen LogP contribution in [-0.2, 0) is 11.4 Å². The molecule has 6 heteroatoms. The van der Waals surface area contributed by atoms with E-state index in [4.69, 9.17) is 27.3 Å². The van der Waals surface area contributed by atoms with E-state index in [2.05, 4.69) is 0 Å². The molecule has 1 amide bonds. The van der Waals surface area contributed by atoms with Crippen LogP contribution in [0.3, 0.4) is 0 Å². The zero-order valence-electron chi connectivity index (χ0n) is 11.9. The van der Waals surface area contributed by atoms with Crippen molar-refractivity contribution < 1.29 is 13.9 Å². The van der Waals surface area contributed by atoms with E-state index in [-0.39, 0.29) is 17.2 Å². The third-order valence-electron chi connectivity index (χ3n) is 3.00. The lowest BCUT2D eigenvalue weighted by atomic mass is 10.1. The van der Waals surface area contributed by atoms with Gasteiger partial charge in [0.1, 0.15) is 29.8 Å². The Kier molecular flexibility index (Phi) is 5.34. The van der Waals surface area contributed by atoms with Crippen molar-refractivity contribution in [2.45, 2.75) is 6.61 Å². The van der Waals surface area contributed by atoms with E-state index < -0.39 is 11.7 Å². The molecule has 2 rings (SSSR count). The minimum Gasteiger partial charge on any atom is -0.488 e. The van der Waals surface area contributed by atoms with Crippen molar-refractivity contribution in [3.05, 3.63) is 70.0 Å². The second kappa shape index (κ2) is 7.43. The summed E-state index contributed by atoms with van der Waals surface area (Å²) in [5.74, 6) is -0.798. The lowest BCUT2D eigenvalue weighted by Gasteiger charge is -2.10. The Labute approximate surface area is 137 Å². The lowest BCUT2D eigenvalue weighted by Crippen LogP contribution is -2.12. The second-order valence-corrected chi connectivity index (χ2v) is 5.00. The Bertz CT molecular complexity index is 812. The Hall–Kier alpha value is -2.84. The lowest BCUT2D eigenvalue weighted by molar-refractivity contribution is -0.114. The Balaban J connectivity index is 2.24. The zero-order valence-corrected chi connectivity index (χ0v) is 12.7. The summed E-state index contributed by atoms with van der Waals surface area (Å²) in [6.07, 6.45) is 1.35. The number of primary amides is 1. The number of nitrogens with zero attached hydrogens (tertiary/aromatic N) is 1. The van der Waals surface area contributed by atoms with Crippen molar-refractivity contribution in [3.8, 4) is 11.8 Å². The Morgan fingerprint density at radius 3 is 2.74 bits per heavy atom. The summed E-state index contributed by atoms with van der Waals surface area (Å²) in [5.41, 5.74) is 6.08. The molecule has 0 fully saturated rings. The molecule has 0 saturated heterocycles. The first-order valence-electron chi connectivity index (χ1n) is 6.58. The molecular formula is C17H12ClFN2O2. The second-order valence-electron chi connectivity index (χ2n) is 4.60. The number of para-hydroxylation sites is 1. The van der Waals surface area contributed by atoms with Gasteiger partial charge < -0.3 is 10.5 Å². The monoisotopic (exact) mass is 330 g/mol. The maximum Gasteiger partial charge on any atom is 0.259 e. The summed E-state index contributed by atoms with van der Waals surface area (Å²) in [4.78, 5) is 11.1. The molecule has 2 aromatic rings. The molecule has 2 aromatic carbocycles. The molecule has 116 valence electrons. The summed E-state index contributed by atoms with van der Waals surface area (Å²) in [6.45, 7) is 0.114. The van der Waals surface area contributed by atoms with Gasteiger partial charge in [-0.05, 0) is 24.3 Å². The Morgan fingerprint density at radius 2 is 2.09 bits per heavy atom. The van der Waals surface area contributed by atoms with Crippen LogP contribution in [-0.4, -0.2) is 5.91 Å². The topological polar surface area (TPSA) is 76.1 Å². The van der Waals surface area contributed by atoms with E-state index in [0.717, 1.165) is 0 Å². The molecular weight excluding hydrogens is 319 g/mol. The summed E-state index contributed by atoms with van der Waals surface area (Å²) in [5, 5.41) is 9.16. The van der Waals surface area contributed by atoms with Crippen molar-refractivity contribution >= 4 is 23.6 Å². The largest absolute Gasteiger partial charge is 0.488 e. The van der Waals surface area contributed by atoms with Crippen molar-refractivity contribution in [1.82, 2.24) is 0 Å². The third-order valence-corrected chi connectivity index (χ3v) is 3.35. The molecule has 23 heavy (non-hydrogen) atoms. The highest BCUT2D eigenvalue weighted by Gasteiger charge is 2.08. The standard InChI is InChI=1S/C17H12ClFN2O2/c18-15-8-14(19)6-5-12(15)10-23-16-4-2-1-3-11(16)7-13(9-20)17(21)22/h1-8H,10H2,(H2,21,22). The van der Waals surface area contributed by atoms with Crippen LogP contribution in [0.4, 0.5) is 4.39 Å². The predicted octanol–water partition coefficient (Wildman–Crippen LogP) is 3.45. The summed E-state index contributed by atoms with van der Waals surface area (Å²) < 4.78 is 18.7. The number of amides is 1. The van der Waals surface area contributed by atoms with Gasteiger partial charge in [-0.2, -0.15) is 5.26 Å². The number of nitriles is 1. The molecule has 0 spiro atoms. The molecule has 0 saturated carbocycles. The van der Waals surface area contributed by atoms with Crippen LogP contribution in [0, 0.1) is 17.1 Å². The number of ether oxygens (including phenoxy) is 1. The zero-order chi connectivity index (χ0) is 16.8. The van der Waals surface area contributed by atoms with Crippen LogP contribution in [0.15, 0.2) is 48.0 Å². The van der Waals surface area contributed by atoms with Crippen LogP contribution in [0.25, 0.3) is 6.08 Å². The van der Waals surface area contributed by atoms with E-state index in [1.807, 2.05) is 0 Å². The molecule has 0 aliphatic carbocycles. The van der Waals surface area contributed by atoms with Crippen LogP contribution < -0.4 is 10.5 Å². The van der Waals surface area contributed by atoms with Crippen LogP contribution in [0.2, 0.25) is 5.02 Å². The van der Waals surface area contributed by atoms with Gasteiger partial charge >= 0.3 is 0 Å². The van der Waals surface area contributed by atoms with Crippen molar-refractivity contribution in [1.29, 1.82) is 5.26 Å². The fourth-order valence-corrected chi connectivity index (χ4v) is 2.06. The molecule has 0 radical (unpaired) electrons. The highest BCUT2D eigenvalue weighted by molar-refractivity contribution is 6.31. The van der Waals surface area contributed by atoms with Gasteiger partial charge in [0.2, 0.25) is 0 Å². The average molecular weight is 331 g/mol. The number of hydrogen-bond acceptors (Lipinski definition) is 3. The van der Waals surface area contributed by atoms with Gasteiger partial charge in [0.05, 0.1) is 5.02 Å². The first-order chi connectivity index (χ1) is 11.0. The number of halogens is 2. The molecule has 0 aliphatic rings. The fourth-order valence-electron chi connectivity index (χ4n) is 1.84. The molecule has 0 heterocycles. The first kappa shape index (κ1) is 16.5. The highest BCUT2D eigenvalue weighted by atomic mass is 35.5. The minimum absolute atomic E-state index is 0.114. The fraction of sp³-hybridized carbons (Fsp3) is 0.0588. The van der Waals surface area contributed by atoms with Gasteiger partial charge in [0.15, 0.2) is 0 Å². The number of nitrogens with two attached hydrogens (primary N) is 1. The van der Waals surface area contributed by atoms with Gasteiger partial charge in [0.25, 0.3) is 5.91 Å². The molecule has 0 bridgehead atoms. The highest BCUT2D eigenvalue weighted by Crippen LogP contribution is 2.24. The molecule has 0 atom stereocenters. The van der Waals surface area contributed by atoms with E-state index in [9.17, 15) is 9.18 Å². The summed E-state index contributed by atoms with van der Waals surface area (Å²) in [6, 6.07) is 12.6. The molecule has 4 nitrogen and oxygen atoms in total. The predicted molar refractivity (Wildman–Crippen MR) is 85.0 cm³/mol. The molecule has 2 N–H and O–H groups in total. The quantitative estimate of drug-likeness (QED) is 0.674. The normalized spacial score (nSPS) is 10.9. The van der Waals surface area contributed by atoms with Gasteiger partial charge in [-0.15, -0.1) is 0 Å². The van der Waals surface area contributed by atoms with E-state index >= 15 is 0 Å². The maximum atomic E-state index is 13.0. The van der Waals surface area contributed by atoms with Gasteiger partial charge in [-0.1, -0.05) is 35.9 Å². The van der Waals surface area contributed by atoms with Crippen molar-refractivity contribution in [3.63, 3.8) is 0 Å². The van der Waals surface area contributed by atoms with E-state index in [1.54, 1.807) is 30.3 Å². The van der Waals surface area contributed by atoms with Crippen LogP contribution >= 0.6 is 11.6 Å². The number of carbonyl (C=O) groups excluding carboxylic acids is 1. The van der Waals surface area contributed by atoms with Gasteiger partial charge in [-0.3, -0.25) is 4.79 Å². The molecule has 0 aliphatic heterocycles. The summed E-state index contributed by atoms with van der Waals surface area (Å²) in [7, 11) is 0. The van der Waals surface area contributed by atoms with Gasteiger partial charge in [0, 0.05) is 11.1 Å². The number of carbonyl (C=O) groups is 1. The first-order valence-corrected chi connectivity index (χ1v) is 6.96. The van der Waals surface area contributed by atoms with E-state index in [1.165, 1.54) is 24.3 Å². The minimum atomic E-state index is -0.816. The van der Waals surface area contributed by atoms with Crippen molar-refractivity contribution in [2.75, 3.05) is 0 Å². The van der Waals surface area contributed by atoms with Crippen LogP contribution in [0.5, 0.6) is 5.75 Å². The number of rotatable bonds is 5. The van der Waals surface area contributed by atoms with Gasteiger partial charge in [-0.25, -0.2) is 4.39 Å². The summed E-state index contributed by atoms with van der Waals surface area (Å²) >= 11 is 5.95. The number of benzene rings is 2. The SMILES string of the molecule is N#CC(=Cc1ccccc1OCc1ccc(F)cc1Cl)C(N)=O.